The highest BCUT2D eigenvalue weighted by Gasteiger charge is 2.26. The van der Waals surface area contributed by atoms with Crippen LogP contribution in [0.3, 0.4) is 0 Å². The van der Waals surface area contributed by atoms with Gasteiger partial charge in [-0.15, -0.1) is 0 Å². The first-order valence-electron chi connectivity index (χ1n) is 8.54. The van der Waals surface area contributed by atoms with E-state index in [0.29, 0.717) is 6.04 Å². The minimum Gasteiger partial charge on any atom is -0.308 e. The molecule has 0 radical (unpaired) electrons. The van der Waals surface area contributed by atoms with Gasteiger partial charge in [0, 0.05) is 6.54 Å². The van der Waals surface area contributed by atoms with Gasteiger partial charge in [-0.05, 0) is 51.6 Å². The van der Waals surface area contributed by atoms with Gasteiger partial charge in [0.25, 0.3) is 0 Å². The van der Waals surface area contributed by atoms with Crippen LogP contribution in [-0.4, -0.2) is 16.3 Å². The summed E-state index contributed by atoms with van der Waals surface area (Å²) in [4.78, 5) is 0. The van der Waals surface area contributed by atoms with Gasteiger partial charge in [-0.2, -0.15) is 5.10 Å². The first-order valence-corrected chi connectivity index (χ1v) is 8.54. The highest BCUT2D eigenvalue weighted by Crippen LogP contribution is 2.33. The number of aromatic nitrogens is 2. The summed E-state index contributed by atoms with van der Waals surface area (Å²) in [5, 5.41) is 8.46. The molecule has 114 valence electrons. The van der Waals surface area contributed by atoms with E-state index < -0.39 is 0 Å². The molecule has 1 heterocycles. The van der Waals surface area contributed by atoms with E-state index >= 15 is 0 Å². The van der Waals surface area contributed by atoms with Crippen molar-refractivity contribution >= 4 is 0 Å². The van der Waals surface area contributed by atoms with E-state index in [4.69, 9.17) is 0 Å². The molecule has 1 aliphatic carbocycles. The van der Waals surface area contributed by atoms with Gasteiger partial charge in [-0.25, -0.2) is 0 Å². The van der Waals surface area contributed by atoms with Crippen molar-refractivity contribution in [1.82, 2.24) is 15.1 Å². The zero-order valence-electron chi connectivity index (χ0n) is 13.5. The first kappa shape index (κ1) is 15.6. The molecule has 1 N–H and O–H groups in total. The molecule has 0 amide bonds. The standard InChI is InChI=1S/C17H31N3/c1-4-12-18-17(15-10-8-6-7-9-11-15)16-13-14(3)19-20(16)5-2/h13,15,17-18H,4-12H2,1-3H3. The molecule has 1 unspecified atom stereocenters. The minimum absolute atomic E-state index is 0.495. The van der Waals surface area contributed by atoms with Crippen LogP contribution in [0.2, 0.25) is 0 Å². The van der Waals surface area contributed by atoms with E-state index in [9.17, 15) is 0 Å². The number of nitrogens with zero attached hydrogens (tertiary/aromatic N) is 2. The number of hydrogen-bond donors (Lipinski definition) is 1. The van der Waals surface area contributed by atoms with Gasteiger partial charge >= 0.3 is 0 Å². The van der Waals surface area contributed by atoms with E-state index in [1.165, 1.54) is 50.6 Å². The summed E-state index contributed by atoms with van der Waals surface area (Å²) < 4.78 is 2.20. The molecule has 3 nitrogen and oxygen atoms in total. The fourth-order valence-electron chi connectivity index (χ4n) is 3.53. The molecule has 20 heavy (non-hydrogen) atoms. The quantitative estimate of drug-likeness (QED) is 0.789. The average Bonchev–Trinajstić information content (AvgIpc) is 2.66. The molecule has 0 bridgehead atoms. The SMILES string of the molecule is CCCNC(c1cc(C)nn1CC)C1CCCCCC1. The smallest absolute Gasteiger partial charge is 0.0597 e. The molecular formula is C17H31N3. The van der Waals surface area contributed by atoms with E-state index in [2.05, 4.69) is 41.9 Å². The number of aryl methyl sites for hydroxylation is 2. The van der Waals surface area contributed by atoms with Crippen molar-refractivity contribution in [2.75, 3.05) is 6.54 Å². The van der Waals surface area contributed by atoms with E-state index in [0.717, 1.165) is 24.7 Å². The van der Waals surface area contributed by atoms with Gasteiger partial charge in [-0.1, -0.05) is 32.6 Å². The molecular weight excluding hydrogens is 246 g/mol. The molecule has 1 aromatic heterocycles. The lowest BCUT2D eigenvalue weighted by molar-refractivity contribution is 0.309. The molecule has 0 saturated heterocycles. The Morgan fingerprint density at radius 1 is 1.25 bits per heavy atom. The fourth-order valence-corrected chi connectivity index (χ4v) is 3.53. The Morgan fingerprint density at radius 3 is 2.55 bits per heavy atom. The van der Waals surface area contributed by atoms with Crippen LogP contribution in [0.4, 0.5) is 0 Å². The summed E-state index contributed by atoms with van der Waals surface area (Å²) in [5.74, 6) is 0.783. The summed E-state index contributed by atoms with van der Waals surface area (Å²) in [5.41, 5.74) is 2.56. The molecule has 1 saturated carbocycles. The van der Waals surface area contributed by atoms with Crippen LogP contribution in [0.25, 0.3) is 0 Å². The van der Waals surface area contributed by atoms with Crippen LogP contribution in [0.1, 0.15) is 76.2 Å². The summed E-state index contributed by atoms with van der Waals surface area (Å²) in [6.07, 6.45) is 9.57. The average molecular weight is 277 g/mol. The Bertz CT molecular complexity index is 389. The maximum Gasteiger partial charge on any atom is 0.0597 e. The van der Waals surface area contributed by atoms with Gasteiger partial charge in [0.1, 0.15) is 0 Å². The number of hydrogen-bond acceptors (Lipinski definition) is 2. The van der Waals surface area contributed by atoms with E-state index in [1.807, 2.05) is 0 Å². The van der Waals surface area contributed by atoms with E-state index in [1.54, 1.807) is 0 Å². The van der Waals surface area contributed by atoms with Crippen molar-refractivity contribution in [3.05, 3.63) is 17.5 Å². The largest absolute Gasteiger partial charge is 0.308 e. The van der Waals surface area contributed by atoms with Crippen molar-refractivity contribution < 1.29 is 0 Å². The Morgan fingerprint density at radius 2 is 1.95 bits per heavy atom. The topological polar surface area (TPSA) is 29.9 Å². The second-order valence-electron chi connectivity index (χ2n) is 6.21. The lowest BCUT2D eigenvalue weighted by Crippen LogP contribution is -2.31. The third kappa shape index (κ3) is 3.85. The first-order chi connectivity index (χ1) is 9.76. The number of rotatable bonds is 6. The summed E-state index contributed by atoms with van der Waals surface area (Å²) >= 11 is 0. The van der Waals surface area contributed by atoms with Crippen LogP contribution in [0.5, 0.6) is 0 Å². The Hall–Kier alpha value is -0.830. The van der Waals surface area contributed by atoms with Crippen molar-refractivity contribution in [2.24, 2.45) is 5.92 Å². The van der Waals surface area contributed by atoms with Gasteiger partial charge in [0.05, 0.1) is 17.4 Å². The van der Waals surface area contributed by atoms with Crippen LogP contribution >= 0.6 is 0 Å². The van der Waals surface area contributed by atoms with Crippen molar-refractivity contribution in [3.63, 3.8) is 0 Å². The van der Waals surface area contributed by atoms with Gasteiger partial charge in [0.15, 0.2) is 0 Å². The summed E-state index contributed by atoms with van der Waals surface area (Å²) in [7, 11) is 0. The normalized spacial score (nSPS) is 18.9. The number of nitrogens with one attached hydrogen (secondary N) is 1. The van der Waals surface area contributed by atoms with E-state index in [-0.39, 0.29) is 0 Å². The lowest BCUT2D eigenvalue weighted by Gasteiger charge is -2.28. The molecule has 1 aliphatic rings. The summed E-state index contributed by atoms with van der Waals surface area (Å²) in [6, 6.07) is 2.79. The molecule has 0 aromatic carbocycles. The van der Waals surface area contributed by atoms with Crippen LogP contribution < -0.4 is 5.32 Å². The van der Waals surface area contributed by atoms with Crippen LogP contribution in [0, 0.1) is 12.8 Å². The predicted octanol–water partition coefficient (Wildman–Crippen LogP) is 4.22. The molecule has 0 spiro atoms. The molecule has 1 atom stereocenters. The van der Waals surface area contributed by atoms with Gasteiger partial charge < -0.3 is 5.32 Å². The Kier molecular flexibility index (Phi) is 6.08. The Balaban J connectivity index is 2.20. The molecule has 0 aliphatic heterocycles. The zero-order valence-corrected chi connectivity index (χ0v) is 13.5. The minimum atomic E-state index is 0.495. The lowest BCUT2D eigenvalue weighted by atomic mass is 9.89. The second-order valence-corrected chi connectivity index (χ2v) is 6.21. The van der Waals surface area contributed by atoms with Crippen LogP contribution in [-0.2, 0) is 6.54 Å². The van der Waals surface area contributed by atoms with Gasteiger partial charge in [-0.3, -0.25) is 4.68 Å². The molecule has 2 rings (SSSR count). The summed E-state index contributed by atoms with van der Waals surface area (Å²) in [6.45, 7) is 8.63. The second kappa shape index (κ2) is 7.82. The zero-order chi connectivity index (χ0) is 14.4. The van der Waals surface area contributed by atoms with Crippen molar-refractivity contribution in [3.8, 4) is 0 Å². The Labute approximate surface area is 124 Å². The predicted molar refractivity (Wildman–Crippen MR) is 84.9 cm³/mol. The molecule has 1 aromatic rings. The monoisotopic (exact) mass is 277 g/mol. The van der Waals surface area contributed by atoms with Crippen LogP contribution in [0.15, 0.2) is 6.07 Å². The highest BCUT2D eigenvalue weighted by atomic mass is 15.3. The fraction of sp³-hybridized carbons (Fsp3) is 0.824. The third-order valence-electron chi connectivity index (χ3n) is 4.54. The molecule has 1 fully saturated rings. The highest BCUT2D eigenvalue weighted by molar-refractivity contribution is 5.14. The van der Waals surface area contributed by atoms with Crippen molar-refractivity contribution in [1.29, 1.82) is 0 Å². The maximum atomic E-state index is 4.65. The van der Waals surface area contributed by atoms with Gasteiger partial charge in [0.2, 0.25) is 0 Å². The maximum absolute atomic E-state index is 4.65. The molecule has 3 heteroatoms. The third-order valence-corrected chi connectivity index (χ3v) is 4.54. The van der Waals surface area contributed by atoms with Crippen molar-refractivity contribution in [2.45, 2.75) is 78.3 Å².